The van der Waals surface area contributed by atoms with E-state index in [-0.39, 0.29) is 16.0 Å². The first-order valence-corrected chi connectivity index (χ1v) is 7.70. The molecule has 0 unspecified atom stereocenters. The molecule has 1 heterocycles. The Morgan fingerprint density at radius 3 is 2.45 bits per heavy atom. The molecule has 0 aliphatic heterocycles. The lowest BCUT2D eigenvalue weighted by atomic mass is 9.84. The lowest BCUT2D eigenvalue weighted by Gasteiger charge is -2.18. The van der Waals surface area contributed by atoms with Gasteiger partial charge in [0.1, 0.15) is 5.69 Å². The Balaban J connectivity index is 2.85. The second-order valence-corrected chi connectivity index (χ2v) is 6.96. The first-order valence-electron chi connectivity index (χ1n) is 7.33. The molecule has 1 aromatic heterocycles. The molecule has 0 radical (unpaired) electrons. The van der Waals surface area contributed by atoms with Crippen molar-refractivity contribution >= 4 is 17.3 Å². The highest BCUT2D eigenvalue weighted by molar-refractivity contribution is 6.30. The Bertz CT molecular complexity index is 727. The first-order chi connectivity index (χ1) is 10.2. The van der Waals surface area contributed by atoms with Crippen molar-refractivity contribution < 1.29 is 4.92 Å². The average molecular weight is 321 g/mol. The monoisotopic (exact) mass is 320 g/mol. The summed E-state index contributed by atoms with van der Waals surface area (Å²) in [4.78, 5) is 14.7. The molecule has 0 aliphatic rings. The van der Waals surface area contributed by atoms with E-state index in [0.29, 0.717) is 17.1 Å². The Morgan fingerprint density at radius 1 is 1.32 bits per heavy atom. The Kier molecular flexibility index (Phi) is 4.34. The van der Waals surface area contributed by atoms with Crippen LogP contribution in [0.5, 0.6) is 0 Å². The minimum atomic E-state index is -0.311. The Labute approximate surface area is 135 Å². The highest BCUT2D eigenvalue weighted by atomic mass is 35.5. The second-order valence-electron chi connectivity index (χ2n) is 6.52. The van der Waals surface area contributed by atoms with E-state index in [1.807, 2.05) is 40.7 Å². The van der Waals surface area contributed by atoms with Crippen LogP contribution in [0, 0.1) is 17.0 Å². The topological polar surface area (TPSA) is 58.9 Å². The lowest BCUT2D eigenvalue weighted by molar-refractivity contribution is -0.385. The van der Waals surface area contributed by atoms with E-state index in [0.717, 1.165) is 22.4 Å². The van der Waals surface area contributed by atoms with Crippen molar-refractivity contribution in [2.45, 2.75) is 46.5 Å². The van der Waals surface area contributed by atoms with Crippen LogP contribution in [-0.2, 0) is 11.8 Å². The normalized spacial score (nSPS) is 11.7. The fraction of sp³-hybridized carbons (Fsp3) is 0.412. The number of nitrogens with zero attached hydrogens (tertiary/aromatic N) is 1. The number of nitro groups is 1. The summed E-state index contributed by atoms with van der Waals surface area (Å²) in [6, 6.07) is 5.45. The standard InChI is InChI=1S/C17H21ClN2O2/c1-6-13-14(17(3,4)5)16(20(21)22)15(19-13)12-9-11(18)8-7-10(12)2/h7-9,19H,6H2,1-5H3. The molecule has 22 heavy (non-hydrogen) atoms. The van der Waals surface area contributed by atoms with Gasteiger partial charge < -0.3 is 4.98 Å². The zero-order valence-corrected chi connectivity index (χ0v) is 14.3. The van der Waals surface area contributed by atoms with Gasteiger partial charge in [0, 0.05) is 16.3 Å². The third kappa shape index (κ3) is 2.88. The molecule has 5 heteroatoms. The first kappa shape index (κ1) is 16.6. The van der Waals surface area contributed by atoms with Crippen LogP contribution >= 0.6 is 11.6 Å². The van der Waals surface area contributed by atoms with Gasteiger partial charge in [0.05, 0.1) is 10.5 Å². The predicted octanol–water partition coefficient (Wildman–Crippen LogP) is 5.41. The average Bonchev–Trinajstić information content (AvgIpc) is 2.81. The maximum absolute atomic E-state index is 11.7. The number of hydrogen-bond acceptors (Lipinski definition) is 2. The number of hydrogen-bond donors (Lipinski definition) is 1. The number of aryl methyl sites for hydroxylation is 2. The molecule has 2 aromatic rings. The number of aromatic nitrogens is 1. The van der Waals surface area contributed by atoms with Crippen molar-refractivity contribution in [2.24, 2.45) is 0 Å². The summed E-state index contributed by atoms with van der Waals surface area (Å²) in [5.41, 5.74) is 3.82. The van der Waals surface area contributed by atoms with Crippen LogP contribution in [0.3, 0.4) is 0 Å². The summed E-state index contributed by atoms with van der Waals surface area (Å²) in [5.74, 6) is 0. The van der Waals surface area contributed by atoms with Gasteiger partial charge in [-0.1, -0.05) is 45.4 Å². The molecule has 1 aromatic carbocycles. The van der Waals surface area contributed by atoms with Crippen LogP contribution in [0.2, 0.25) is 5.02 Å². The van der Waals surface area contributed by atoms with E-state index in [4.69, 9.17) is 11.6 Å². The van der Waals surface area contributed by atoms with Gasteiger partial charge >= 0.3 is 0 Å². The number of benzene rings is 1. The van der Waals surface area contributed by atoms with E-state index < -0.39 is 0 Å². The van der Waals surface area contributed by atoms with Crippen LogP contribution in [0.15, 0.2) is 18.2 Å². The summed E-state index contributed by atoms with van der Waals surface area (Å²) < 4.78 is 0. The van der Waals surface area contributed by atoms with Crippen LogP contribution in [0.4, 0.5) is 5.69 Å². The fourth-order valence-electron chi connectivity index (χ4n) is 2.85. The number of rotatable bonds is 3. The summed E-state index contributed by atoms with van der Waals surface area (Å²) in [5, 5.41) is 12.3. The Hall–Kier alpha value is -1.81. The minimum absolute atomic E-state index is 0.162. The predicted molar refractivity (Wildman–Crippen MR) is 90.7 cm³/mol. The summed E-state index contributed by atoms with van der Waals surface area (Å²) in [7, 11) is 0. The molecule has 0 saturated heterocycles. The van der Waals surface area contributed by atoms with Gasteiger partial charge in [0.25, 0.3) is 5.69 Å². The minimum Gasteiger partial charge on any atom is -0.352 e. The number of halogens is 1. The van der Waals surface area contributed by atoms with Crippen molar-refractivity contribution in [1.29, 1.82) is 0 Å². The molecule has 118 valence electrons. The molecular weight excluding hydrogens is 300 g/mol. The smallest absolute Gasteiger partial charge is 0.298 e. The zero-order valence-electron chi connectivity index (χ0n) is 13.6. The molecule has 0 atom stereocenters. The van der Waals surface area contributed by atoms with Gasteiger partial charge in [-0.3, -0.25) is 10.1 Å². The summed E-state index contributed by atoms with van der Waals surface area (Å²) in [6.07, 6.45) is 0.715. The largest absolute Gasteiger partial charge is 0.352 e. The van der Waals surface area contributed by atoms with Crippen molar-refractivity contribution in [3.8, 4) is 11.3 Å². The van der Waals surface area contributed by atoms with E-state index in [9.17, 15) is 10.1 Å². The van der Waals surface area contributed by atoms with Crippen molar-refractivity contribution in [1.82, 2.24) is 4.98 Å². The third-order valence-corrected chi connectivity index (χ3v) is 4.04. The molecule has 1 N–H and O–H groups in total. The van der Waals surface area contributed by atoms with E-state index >= 15 is 0 Å². The number of aromatic amines is 1. The summed E-state index contributed by atoms with van der Waals surface area (Å²) in [6.45, 7) is 9.92. The summed E-state index contributed by atoms with van der Waals surface area (Å²) >= 11 is 6.09. The van der Waals surface area contributed by atoms with Gasteiger partial charge in [-0.2, -0.15) is 0 Å². The molecule has 0 spiro atoms. The van der Waals surface area contributed by atoms with Gasteiger partial charge in [0.2, 0.25) is 0 Å². The van der Waals surface area contributed by atoms with Crippen molar-refractivity contribution in [3.63, 3.8) is 0 Å². The maximum Gasteiger partial charge on any atom is 0.298 e. The lowest BCUT2D eigenvalue weighted by Crippen LogP contribution is -2.14. The molecule has 0 amide bonds. The second kappa shape index (κ2) is 5.76. The maximum atomic E-state index is 11.7. The number of nitrogens with one attached hydrogen (secondary N) is 1. The van der Waals surface area contributed by atoms with Gasteiger partial charge in [-0.25, -0.2) is 0 Å². The van der Waals surface area contributed by atoms with E-state index in [1.54, 1.807) is 12.1 Å². The third-order valence-electron chi connectivity index (χ3n) is 3.81. The van der Waals surface area contributed by atoms with Crippen molar-refractivity contribution in [3.05, 3.63) is 50.2 Å². The SMILES string of the molecule is CCc1[nH]c(-c2cc(Cl)ccc2C)c([N+](=O)[O-])c1C(C)(C)C. The van der Waals surface area contributed by atoms with Gasteiger partial charge in [0.15, 0.2) is 0 Å². The zero-order chi connectivity index (χ0) is 16.7. The highest BCUT2D eigenvalue weighted by Gasteiger charge is 2.34. The van der Waals surface area contributed by atoms with Gasteiger partial charge in [-0.15, -0.1) is 0 Å². The molecule has 0 bridgehead atoms. The van der Waals surface area contributed by atoms with E-state index in [2.05, 4.69) is 4.98 Å². The molecule has 0 saturated carbocycles. The van der Waals surface area contributed by atoms with E-state index in [1.165, 1.54) is 0 Å². The van der Waals surface area contributed by atoms with Gasteiger partial charge in [-0.05, 0) is 36.5 Å². The van der Waals surface area contributed by atoms with Crippen LogP contribution < -0.4 is 0 Å². The van der Waals surface area contributed by atoms with Crippen LogP contribution in [-0.4, -0.2) is 9.91 Å². The molecule has 0 fully saturated rings. The van der Waals surface area contributed by atoms with Crippen LogP contribution in [0.1, 0.15) is 44.5 Å². The fourth-order valence-corrected chi connectivity index (χ4v) is 3.03. The number of H-pyrrole nitrogens is 1. The Morgan fingerprint density at radius 2 is 1.95 bits per heavy atom. The quantitative estimate of drug-likeness (QED) is 0.607. The van der Waals surface area contributed by atoms with Crippen molar-refractivity contribution in [2.75, 3.05) is 0 Å². The molecule has 4 nitrogen and oxygen atoms in total. The highest BCUT2D eigenvalue weighted by Crippen LogP contribution is 2.42. The van der Waals surface area contributed by atoms with Crippen LogP contribution in [0.25, 0.3) is 11.3 Å². The molecule has 0 aliphatic carbocycles. The molecule has 2 rings (SSSR count). The molecular formula is C17H21ClN2O2.